The minimum absolute atomic E-state index is 0.119. The summed E-state index contributed by atoms with van der Waals surface area (Å²) in [5.41, 5.74) is 1.06. The summed E-state index contributed by atoms with van der Waals surface area (Å²) in [6.07, 6.45) is 1.39. The molecule has 0 heterocycles. The van der Waals surface area contributed by atoms with Gasteiger partial charge in [-0.25, -0.2) is 0 Å². The second-order valence-electron chi connectivity index (χ2n) is 6.70. The summed E-state index contributed by atoms with van der Waals surface area (Å²) in [7, 11) is 0. The predicted octanol–water partition coefficient (Wildman–Crippen LogP) is 1.67. The maximum absolute atomic E-state index is 11.9. The van der Waals surface area contributed by atoms with Crippen LogP contribution in [0.1, 0.15) is 38.7 Å². The van der Waals surface area contributed by atoms with E-state index in [4.69, 9.17) is 0 Å². The number of hydrogen-bond donors (Lipinski definition) is 4. The van der Waals surface area contributed by atoms with Gasteiger partial charge in [-0.1, -0.05) is 44.2 Å². The molecular formula is C19H28N2O5. The number of carboxylic acids is 2. The van der Waals surface area contributed by atoms with Crippen molar-refractivity contribution < 1.29 is 24.6 Å². The Hall–Kier alpha value is -2.41. The highest BCUT2D eigenvalue weighted by Crippen LogP contribution is 2.07. The van der Waals surface area contributed by atoms with Gasteiger partial charge in [0.15, 0.2) is 0 Å². The average Bonchev–Trinajstić information content (AvgIpc) is 2.58. The lowest BCUT2D eigenvalue weighted by Crippen LogP contribution is -2.49. The van der Waals surface area contributed by atoms with Crippen LogP contribution in [0.25, 0.3) is 0 Å². The molecule has 0 fully saturated rings. The van der Waals surface area contributed by atoms with Gasteiger partial charge in [0.25, 0.3) is 0 Å². The number of aliphatic carboxylic acids is 2. The van der Waals surface area contributed by atoms with E-state index in [0.717, 1.165) is 5.56 Å². The summed E-state index contributed by atoms with van der Waals surface area (Å²) >= 11 is 0. The molecule has 0 saturated heterocycles. The van der Waals surface area contributed by atoms with Crippen LogP contribution in [0.5, 0.6) is 0 Å². The Morgan fingerprint density at radius 2 is 1.62 bits per heavy atom. The van der Waals surface area contributed by atoms with Crippen molar-refractivity contribution in [1.29, 1.82) is 0 Å². The Bertz CT molecular complexity index is 589. The third-order valence-electron chi connectivity index (χ3n) is 3.94. The van der Waals surface area contributed by atoms with E-state index >= 15 is 0 Å². The first-order valence-corrected chi connectivity index (χ1v) is 8.82. The highest BCUT2D eigenvalue weighted by atomic mass is 16.4. The van der Waals surface area contributed by atoms with Gasteiger partial charge in [-0.3, -0.25) is 19.7 Å². The second-order valence-corrected chi connectivity index (χ2v) is 6.70. The Kier molecular flexibility index (Phi) is 9.36. The monoisotopic (exact) mass is 364 g/mol. The molecule has 1 rings (SSSR count). The quantitative estimate of drug-likeness (QED) is 0.448. The molecule has 2 atom stereocenters. The summed E-state index contributed by atoms with van der Waals surface area (Å²) in [4.78, 5) is 34.5. The number of aryl methyl sites for hydroxylation is 1. The van der Waals surface area contributed by atoms with Crippen LogP contribution in [-0.2, 0) is 20.8 Å². The van der Waals surface area contributed by atoms with E-state index < -0.39 is 24.0 Å². The Labute approximate surface area is 153 Å². The number of carbonyl (C=O) groups is 3. The summed E-state index contributed by atoms with van der Waals surface area (Å²) < 4.78 is 0. The van der Waals surface area contributed by atoms with E-state index in [1.807, 2.05) is 44.2 Å². The van der Waals surface area contributed by atoms with Crippen molar-refractivity contribution in [3.63, 3.8) is 0 Å². The van der Waals surface area contributed by atoms with Gasteiger partial charge in [0.1, 0.15) is 12.1 Å². The first-order chi connectivity index (χ1) is 12.3. The Morgan fingerprint density at radius 3 is 2.15 bits per heavy atom. The molecule has 7 nitrogen and oxygen atoms in total. The number of carbonyl (C=O) groups excluding carboxylic acids is 1. The summed E-state index contributed by atoms with van der Waals surface area (Å²) in [6, 6.07) is 7.66. The molecule has 0 aromatic heterocycles. The second kappa shape index (κ2) is 11.3. The van der Waals surface area contributed by atoms with E-state index in [-0.39, 0.29) is 24.8 Å². The van der Waals surface area contributed by atoms with Crippen LogP contribution >= 0.6 is 0 Å². The van der Waals surface area contributed by atoms with E-state index in [2.05, 4.69) is 10.6 Å². The first kappa shape index (κ1) is 21.6. The number of carboxylic acid groups (broad SMARTS) is 2. The van der Waals surface area contributed by atoms with Gasteiger partial charge in [0.2, 0.25) is 5.91 Å². The highest BCUT2D eigenvalue weighted by molar-refractivity contribution is 5.78. The first-order valence-electron chi connectivity index (χ1n) is 8.82. The van der Waals surface area contributed by atoms with Gasteiger partial charge in [0.05, 0.1) is 0 Å². The van der Waals surface area contributed by atoms with Gasteiger partial charge >= 0.3 is 11.9 Å². The van der Waals surface area contributed by atoms with E-state index in [1.165, 1.54) is 0 Å². The standard InChI is InChI=1S/C19H28N2O5/c1-13(2)12-16(19(25)26)21-15(18(23)24)10-11-20-17(22)9-8-14-6-4-3-5-7-14/h3-7,13,15-16,21H,8-12H2,1-2H3,(H,20,22)(H,23,24)(H,25,26). The molecule has 0 aliphatic rings. The van der Waals surface area contributed by atoms with Crippen LogP contribution in [-0.4, -0.2) is 46.7 Å². The van der Waals surface area contributed by atoms with Crippen molar-refractivity contribution in [2.75, 3.05) is 6.54 Å². The fraction of sp³-hybridized carbons (Fsp3) is 0.526. The molecule has 1 aromatic carbocycles. The van der Waals surface area contributed by atoms with Crippen molar-refractivity contribution in [3.05, 3.63) is 35.9 Å². The van der Waals surface area contributed by atoms with Gasteiger partial charge < -0.3 is 15.5 Å². The van der Waals surface area contributed by atoms with Gasteiger partial charge in [-0.2, -0.15) is 0 Å². The highest BCUT2D eigenvalue weighted by Gasteiger charge is 2.26. The normalized spacial score (nSPS) is 13.2. The number of amides is 1. The fourth-order valence-electron chi connectivity index (χ4n) is 2.58. The zero-order valence-corrected chi connectivity index (χ0v) is 15.3. The van der Waals surface area contributed by atoms with Crippen LogP contribution < -0.4 is 10.6 Å². The molecule has 7 heteroatoms. The third kappa shape index (κ3) is 8.62. The molecule has 1 amide bonds. The summed E-state index contributed by atoms with van der Waals surface area (Å²) in [5, 5.41) is 23.9. The lowest BCUT2D eigenvalue weighted by molar-refractivity contribution is -0.143. The third-order valence-corrected chi connectivity index (χ3v) is 3.94. The minimum Gasteiger partial charge on any atom is -0.480 e. The van der Waals surface area contributed by atoms with E-state index in [9.17, 15) is 24.6 Å². The number of nitrogens with one attached hydrogen (secondary N) is 2. The lowest BCUT2D eigenvalue weighted by atomic mass is 10.0. The molecule has 0 spiro atoms. The van der Waals surface area contributed by atoms with Crippen LogP contribution in [0.3, 0.4) is 0 Å². The van der Waals surface area contributed by atoms with E-state index in [1.54, 1.807) is 0 Å². The maximum Gasteiger partial charge on any atom is 0.320 e. The van der Waals surface area contributed by atoms with Crippen LogP contribution in [0.4, 0.5) is 0 Å². The summed E-state index contributed by atoms with van der Waals surface area (Å²) in [6.45, 7) is 3.92. The average molecular weight is 364 g/mol. The van der Waals surface area contributed by atoms with Crippen LogP contribution in [0, 0.1) is 5.92 Å². The zero-order valence-electron chi connectivity index (χ0n) is 15.3. The Balaban J connectivity index is 2.41. The minimum atomic E-state index is -1.13. The zero-order chi connectivity index (χ0) is 19.5. The molecule has 144 valence electrons. The van der Waals surface area contributed by atoms with Crippen molar-refractivity contribution in [1.82, 2.24) is 10.6 Å². The van der Waals surface area contributed by atoms with Crippen molar-refractivity contribution in [2.24, 2.45) is 5.92 Å². The molecule has 4 N–H and O–H groups in total. The maximum atomic E-state index is 11.9. The van der Waals surface area contributed by atoms with Crippen LogP contribution in [0.2, 0.25) is 0 Å². The topological polar surface area (TPSA) is 116 Å². The predicted molar refractivity (Wildman–Crippen MR) is 97.8 cm³/mol. The molecule has 0 aliphatic heterocycles. The SMILES string of the molecule is CC(C)CC(NC(CCNC(=O)CCc1ccccc1)C(=O)O)C(=O)O. The van der Waals surface area contributed by atoms with Crippen molar-refractivity contribution in [2.45, 2.75) is 51.6 Å². The molecule has 2 unspecified atom stereocenters. The molecule has 0 bridgehead atoms. The van der Waals surface area contributed by atoms with Gasteiger partial charge in [-0.15, -0.1) is 0 Å². The molecule has 1 aromatic rings. The van der Waals surface area contributed by atoms with E-state index in [0.29, 0.717) is 19.3 Å². The van der Waals surface area contributed by atoms with Crippen molar-refractivity contribution >= 4 is 17.8 Å². The van der Waals surface area contributed by atoms with Gasteiger partial charge in [0, 0.05) is 13.0 Å². The smallest absolute Gasteiger partial charge is 0.320 e. The van der Waals surface area contributed by atoms with Crippen LogP contribution in [0.15, 0.2) is 30.3 Å². The fourth-order valence-corrected chi connectivity index (χ4v) is 2.58. The molecule has 0 radical (unpaired) electrons. The number of rotatable bonds is 12. The van der Waals surface area contributed by atoms with Gasteiger partial charge in [-0.05, 0) is 30.7 Å². The molecule has 26 heavy (non-hydrogen) atoms. The largest absolute Gasteiger partial charge is 0.480 e. The molecule has 0 saturated carbocycles. The number of benzene rings is 1. The number of hydrogen-bond acceptors (Lipinski definition) is 4. The summed E-state index contributed by atoms with van der Waals surface area (Å²) in [5.74, 6) is -2.24. The Morgan fingerprint density at radius 1 is 1.00 bits per heavy atom. The molecular weight excluding hydrogens is 336 g/mol. The molecule has 0 aliphatic carbocycles. The van der Waals surface area contributed by atoms with Crippen molar-refractivity contribution in [3.8, 4) is 0 Å². The lowest BCUT2D eigenvalue weighted by Gasteiger charge is -2.21.